The monoisotopic (exact) mass is 242 g/mol. The average Bonchev–Trinajstić information content (AvgIpc) is 2.56. The molecule has 1 amide bonds. The minimum Gasteiger partial charge on any atom is -0.449 e. The molecule has 1 N–H and O–H groups in total. The molecule has 0 atom stereocenters. The fourth-order valence-electron chi connectivity index (χ4n) is 1.97. The van der Waals surface area contributed by atoms with E-state index in [0.717, 1.165) is 38.9 Å². The van der Waals surface area contributed by atoms with Crippen molar-refractivity contribution in [2.75, 3.05) is 26.2 Å². The van der Waals surface area contributed by atoms with Crippen LogP contribution in [0.2, 0.25) is 0 Å². The van der Waals surface area contributed by atoms with E-state index in [2.05, 4.69) is 19.2 Å². The molecule has 0 unspecified atom stereocenters. The van der Waals surface area contributed by atoms with Crippen LogP contribution in [0.3, 0.4) is 0 Å². The van der Waals surface area contributed by atoms with Gasteiger partial charge >= 0.3 is 6.09 Å². The number of ether oxygens (including phenoxy) is 1. The SMILES string of the molecule is CC(C)NCCCOC(=O)N1CCCCCC1. The van der Waals surface area contributed by atoms with Crippen LogP contribution in [0, 0.1) is 0 Å². The second-order valence-corrected chi connectivity index (χ2v) is 4.98. The number of rotatable bonds is 5. The first kappa shape index (κ1) is 14.3. The van der Waals surface area contributed by atoms with Crippen LogP contribution in [0.25, 0.3) is 0 Å². The first-order valence-corrected chi connectivity index (χ1v) is 6.85. The number of carbonyl (C=O) groups excluding carboxylic acids is 1. The van der Waals surface area contributed by atoms with Crippen LogP contribution in [-0.2, 0) is 4.74 Å². The van der Waals surface area contributed by atoms with Crippen molar-refractivity contribution in [1.29, 1.82) is 0 Å². The summed E-state index contributed by atoms with van der Waals surface area (Å²) in [5, 5.41) is 3.30. The summed E-state index contributed by atoms with van der Waals surface area (Å²) >= 11 is 0. The molecular weight excluding hydrogens is 216 g/mol. The summed E-state index contributed by atoms with van der Waals surface area (Å²) in [5.41, 5.74) is 0. The lowest BCUT2D eigenvalue weighted by atomic mass is 10.2. The highest BCUT2D eigenvalue weighted by Crippen LogP contribution is 2.10. The first-order chi connectivity index (χ1) is 8.20. The van der Waals surface area contributed by atoms with Gasteiger partial charge in [0, 0.05) is 19.1 Å². The number of hydrogen-bond acceptors (Lipinski definition) is 3. The van der Waals surface area contributed by atoms with E-state index in [1.165, 1.54) is 12.8 Å². The van der Waals surface area contributed by atoms with Gasteiger partial charge in [-0.3, -0.25) is 0 Å². The van der Waals surface area contributed by atoms with Gasteiger partial charge in [-0.1, -0.05) is 26.7 Å². The zero-order valence-corrected chi connectivity index (χ0v) is 11.2. The van der Waals surface area contributed by atoms with Gasteiger partial charge in [-0.05, 0) is 25.8 Å². The van der Waals surface area contributed by atoms with Gasteiger partial charge in [-0.25, -0.2) is 4.79 Å². The molecule has 1 rings (SSSR count). The lowest BCUT2D eigenvalue weighted by Crippen LogP contribution is -2.33. The molecule has 0 bridgehead atoms. The van der Waals surface area contributed by atoms with Crippen molar-refractivity contribution >= 4 is 6.09 Å². The fraction of sp³-hybridized carbons (Fsp3) is 0.923. The van der Waals surface area contributed by atoms with Crippen molar-refractivity contribution < 1.29 is 9.53 Å². The third kappa shape index (κ3) is 6.51. The maximum atomic E-state index is 11.7. The molecule has 1 fully saturated rings. The Morgan fingerprint density at radius 2 is 1.88 bits per heavy atom. The Balaban J connectivity index is 2.07. The summed E-state index contributed by atoms with van der Waals surface area (Å²) in [4.78, 5) is 13.6. The molecule has 100 valence electrons. The molecule has 0 saturated carbocycles. The summed E-state index contributed by atoms with van der Waals surface area (Å²) < 4.78 is 5.27. The standard InChI is InChI=1S/C13H26N2O2/c1-12(2)14-8-7-11-17-13(16)15-9-5-3-4-6-10-15/h12,14H,3-11H2,1-2H3. The number of nitrogens with one attached hydrogen (secondary N) is 1. The molecule has 1 aliphatic rings. The maximum absolute atomic E-state index is 11.7. The Morgan fingerprint density at radius 1 is 1.24 bits per heavy atom. The zero-order chi connectivity index (χ0) is 12.5. The van der Waals surface area contributed by atoms with Gasteiger partial charge in [0.2, 0.25) is 0 Å². The lowest BCUT2D eigenvalue weighted by molar-refractivity contribution is 0.102. The van der Waals surface area contributed by atoms with Crippen molar-refractivity contribution in [2.24, 2.45) is 0 Å². The van der Waals surface area contributed by atoms with Crippen LogP contribution in [0.1, 0.15) is 46.0 Å². The normalized spacial score (nSPS) is 17.0. The predicted molar refractivity (Wildman–Crippen MR) is 69.1 cm³/mol. The van der Waals surface area contributed by atoms with E-state index in [1.807, 2.05) is 4.90 Å². The maximum Gasteiger partial charge on any atom is 0.409 e. The third-order valence-corrected chi connectivity index (χ3v) is 2.96. The largest absolute Gasteiger partial charge is 0.449 e. The Labute approximate surface area is 105 Å². The van der Waals surface area contributed by atoms with Gasteiger partial charge in [0.15, 0.2) is 0 Å². The molecule has 0 aromatic carbocycles. The highest BCUT2D eigenvalue weighted by atomic mass is 16.6. The molecule has 4 nitrogen and oxygen atoms in total. The van der Waals surface area contributed by atoms with E-state index < -0.39 is 0 Å². The second kappa shape index (κ2) is 8.34. The van der Waals surface area contributed by atoms with Crippen LogP contribution in [0.4, 0.5) is 4.79 Å². The van der Waals surface area contributed by atoms with E-state index in [1.54, 1.807) is 0 Å². The quantitative estimate of drug-likeness (QED) is 0.753. The van der Waals surface area contributed by atoms with Crippen LogP contribution >= 0.6 is 0 Å². The number of nitrogens with zero attached hydrogens (tertiary/aromatic N) is 1. The van der Waals surface area contributed by atoms with Crippen molar-refractivity contribution in [3.8, 4) is 0 Å². The Bertz CT molecular complexity index is 211. The van der Waals surface area contributed by atoms with Crippen LogP contribution in [0.15, 0.2) is 0 Å². The van der Waals surface area contributed by atoms with Crippen molar-refractivity contribution in [2.45, 2.75) is 52.0 Å². The molecule has 1 saturated heterocycles. The second-order valence-electron chi connectivity index (χ2n) is 4.98. The molecular formula is C13H26N2O2. The van der Waals surface area contributed by atoms with Crippen LogP contribution < -0.4 is 5.32 Å². The Hall–Kier alpha value is -0.770. The van der Waals surface area contributed by atoms with Gasteiger partial charge in [-0.15, -0.1) is 0 Å². The molecule has 0 aromatic heterocycles. The summed E-state index contributed by atoms with van der Waals surface area (Å²) in [6.45, 7) is 7.39. The average molecular weight is 242 g/mol. The van der Waals surface area contributed by atoms with Gasteiger partial charge < -0.3 is 15.0 Å². The van der Waals surface area contributed by atoms with E-state index >= 15 is 0 Å². The third-order valence-electron chi connectivity index (χ3n) is 2.96. The van der Waals surface area contributed by atoms with E-state index in [4.69, 9.17) is 4.74 Å². The molecule has 0 aliphatic carbocycles. The smallest absolute Gasteiger partial charge is 0.409 e. The molecule has 4 heteroatoms. The zero-order valence-electron chi connectivity index (χ0n) is 11.2. The summed E-state index contributed by atoms with van der Waals surface area (Å²) in [5.74, 6) is 0. The summed E-state index contributed by atoms with van der Waals surface area (Å²) in [6, 6.07) is 0.497. The van der Waals surface area contributed by atoms with E-state index in [9.17, 15) is 4.79 Å². The minimum absolute atomic E-state index is 0.128. The van der Waals surface area contributed by atoms with Crippen molar-refractivity contribution in [3.63, 3.8) is 0 Å². The molecule has 1 heterocycles. The van der Waals surface area contributed by atoms with Gasteiger partial charge in [0.25, 0.3) is 0 Å². The number of amides is 1. The van der Waals surface area contributed by atoms with E-state index in [-0.39, 0.29) is 6.09 Å². The summed E-state index contributed by atoms with van der Waals surface area (Å²) in [6.07, 6.45) is 5.46. The lowest BCUT2D eigenvalue weighted by Gasteiger charge is -2.19. The fourth-order valence-corrected chi connectivity index (χ4v) is 1.97. The highest BCUT2D eigenvalue weighted by molar-refractivity contribution is 5.67. The van der Waals surface area contributed by atoms with Gasteiger partial charge in [-0.2, -0.15) is 0 Å². The van der Waals surface area contributed by atoms with Crippen LogP contribution in [-0.4, -0.2) is 43.3 Å². The summed E-state index contributed by atoms with van der Waals surface area (Å²) in [7, 11) is 0. The predicted octanol–water partition coefficient (Wildman–Crippen LogP) is 2.39. The van der Waals surface area contributed by atoms with Crippen molar-refractivity contribution in [3.05, 3.63) is 0 Å². The topological polar surface area (TPSA) is 41.6 Å². The van der Waals surface area contributed by atoms with Gasteiger partial charge in [0.1, 0.15) is 0 Å². The minimum atomic E-state index is -0.128. The first-order valence-electron chi connectivity index (χ1n) is 6.85. The molecule has 0 aromatic rings. The highest BCUT2D eigenvalue weighted by Gasteiger charge is 2.16. The van der Waals surface area contributed by atoms with E-state index in [0.29, 0.717) is 12.6 Å². The Morgan fingerprint density at radius 3 is 2.47 bits per heavy atom. The van der Waals surface area contributed by atoms with Crippen LogP contribution in [0.5, 0.6) is 0 Å². The molecule has 17 heavy (non-hydrogen) atoms. The molecule has 0 radical (unpaired) electrons. The van der Waals surface area contributed by atoms with Gasteiger partial charge in [0.05, 0.1) is 6.61 Å². The Kier molecular flexibility index (Phi) is 7.01. The van der Waals surface area contributed by atoms with Crippen molar-refractivity contribution in [1.82, 2.24) is 10.2 Å². The number of likely N-dealkylation sites (tertiary alicyclic amines) is 1. The number of carbonyl (C=O) groups is 1. The molecule has 1 aliphatic heterocycles. The molecule has 0 spiro atoms. The number of hydrogen-bond donors (Lipinski definition) is 1.